The summed E-state index contributed by atoms with van der Waals surface area (Å²) in [6, 6.07) is 5.83. The van der Waals surface area contributed by atoms with Gasteiger partial charge in [0.25, 0.3) is 0 Å². The quantitative estimate of drug-likeness (QED) is 0.816. The van der Waals surface area contributed by atoms with E-state index in [0.717, 1.165) is 25.6 Å². The van der Waals surface area contributed by atoms with E-state index in [9.17, 15) is 9.18 Å². The maximum atomic E-state index is 13.8. The third kappa shape index (κ3) is 2.21. The topological polar surface area (TPSA) is 68.2 Å². The minimum Gasteiger partial charge on any atom is -0.320 e. The van der Waals surface area contributed by atoms with Gasteiger partial charge in [-0.05, 0) is 30.5 Å². The van der Waals surface area contributed by atoms with Gasteiger partial charge in [-0.3, -0.25) is 0 Å². The molecule has 0 saturated carbocycles. The summed E-state index contributed by atoms with van der Waals surface area (Å²) < 4.78 is 13.8. The molecule has 2 saturated heterocycles. The number of fused-ring (bicyclic) bond motifs is 1. The van der Waals surface area contributed by atoms with Crippen LogP contribution in [0, 0.1) is 23.1 Å². The lowest BCUT2D eigenvalue weighted by Gasteiger charge is -2.23. The van der Waals surface area contributed by atoms with E-state index < -0.39 is 5.82 Å². The van der Waals surface area contributed by atoms with Crippen LogP contribution in [-0.4, -0.2) is 36.6 Å². The number of hydrogen-bond donors (Lipinski definition) is 2. The number of likely N-dealkylation sites (tertiary alicyclic amines) is 1. The van der Waals surface area contributed by atoms with Crippen molar-refractivity contribution in [2.75, 3.05) is 25.0 Å². The Hall–Kier alpha value is -2.13. The molecule has 2 aliphatic heterocycles. The molecule has 20 heavy (non-hydrogen) atoms. The van der Waals surface area contributed by atoms with Crippen molar-refractivity contribution in [3.05, 3.63) is 29.6 Å². The van der Waals surface area contributed by atoms with Crippen LogP contribution >= 0.6 is 0 Å². The molecule has 0 aliphatic carbocycles. The van der Waals surface area contributed by atoms with Crippen molar-refractivity contribution in [2.45, 2.75) is 12.5 Å². The van der Waals surface area contributed by atoms with Gasteiger partial charge in [0.05, 0.1) is 17.3 Å². The van der Waals surface area contributed by atoms with Crippen molar-refractivity contribution in [1.29, 1.82) is 5.26 Å². The molecule has 2 amide bonds. The van der Waals surface area contributed by atoms with Gasteiger partial charge in [0.2, 0.25) is 0 Å². The standard InChI is InChI=1S/C14H15FN4O/c15-11-5-9(6-16)1-2-12(11)18-14(20)19-4-3-10-7-17-8-13(10)19/h1-2,5,10,13,17H,3-4,7-8H2,(H,18,20). The number of hydrogen-bond acceptors (Lipinski definition) is 3. The normalized spacial score (nSPS) is 24.3. The summed E-state index contributed by atoms with van der Waals surface area (Å²) in [5.41, 5.74) is 0.352. The van der Waals surface area contributed by atoms with Gasteiger partial charge in [-0.1, -0.05) is 0 Å². The van der Waals surface area contributed by atoms with Crippen molar-refractivity contribution in [3.8, 4) is 6.07 Å². The van der Waals surface area contributed by atoms with Crippen LogP contribution in [0.1, 0.15) is 12.0 Å². The fraction of sp³-hybridized carbons (Fsp3) is 0.429. The molecule has 0 radical (unpaired) electrons. The summed E-state index contributed by atoms with van der Waals surface area (Å²) in [6.07, 6.45) is 0.987. The molecule has 3 rings (SSSR count). The zero-order chi connectivity index (χ0) is 14.1. The van der Waals surface area contributed by atoms with E-state index >= 15 is 0 Å². The number of nitriles is 1. The van der Waals surface area contributed by atoms with Gasteiger partial charge in [-0.25, -0.2) is 9.18 Å². The van der Waals surface area contributed by atoms with Gasteiger partial charge in [-0.2, -0.15) is 5.26 Å². The second-order valence-corrected chi connectivity index (χ2v) is 5.20. The number of urea groups is 1. The van der Waals surface area contributed by atoms with Gasteiger partial charge in [0.15, 0.2) is 0 Å². The predicted molar refractivity (Wildman–Crippen MR) is 71.6 cm³/mol. The number of rotatable bonds is 1. The molecule has 2 fully saturated rings. The highest BCUT2D eigenvalue weighted by Gasteiger charge is 2.39. The molecular formula is C14H15FN4O. The maximum Gasteiger partial charge on any atom is 0.322 e. The molecule has 0 bridgehead atoms. The lowest BCUT2D eigenvalue weighted by molar-refractivity contribution is 0.206. The number of carbonyl (C=O) groups excluding carboxylic acids is 1. The monoisotopic (exact) mass is 274 g/mol. The number of amides is 2. The first-order valence-electron chi connectivity index (χ1n) is 6.67. The molecule has 1 aromatic rings. The van der Waals surface area contributed by atoms with Crippen molar-refractivity contribution in [1.82, 2.24) is 10.2 Å². The van der Waals surface area contributed by atoms with Crippen LogP contribution < -0.4 is 10.6 Å². The Kier molecular flexibility index (Phi) is 3.28. The predicted octanol–water partition coefficient (Wildman–Crippen LogP) is 1.52. The summed E-state index contributed by atoms with van der Waals surface area (Å²) in [7, 11) is 0. The highest BCUT2D eigenvalue weighted by atomic mass is 19.1. The molecule has 2 atom stereocenters. The van der Waals surface area contributed by atoms with E-state index in [-0.39, 0.29) is 23.3 Å². The third-order valence-electron chi connectivity index (χ3n) is 4.05. The van der Waals surface area contributed by atoms with Gasteiger partial charge in [0.1, 0.15) is 5.82 Å². The average Bonchev–Trinajstić information content (AvgIpc) is 3.03. The van der Waals surface area contributed by atoms with Crippen molar-refractivity contribution >= 4 is 11.7 Å². The molecular weight excluding hydrogens is 259 g/mol. The van der Waals surface area contributed by atoms with Crippen LogP contribution in [0.3, 0.4) is 0 Å². The van der Waals surface area contributed by atoms with Crippen LogP contribution in [0.15, 0.2) is 18.2 Å². The summed E-state index contributed by atoms with van der Waals surface area (Å²) in [5, 5.41) is 14.5. The summed E-state index contributed by atoms with van der Waals surface area (Å²) in [6.45, 7) is 2.45. The average molecular weight is 274 g/mol. The first-order valence-corrected chi connectivity index (χ1v) is 6.67. The molecule has 0 aromatic heterocycles. The first kappa shape index (κ1) is 12.9. The van der Waals surface area contributed by atoms with E-state index in [1.165, 1.54) is 12.1 Å². The van der Waals surface area contributed by atoms with Crippen LogP contribution in [-0.2, 0) is 0 Å². The molecule has 0 spiro atoms. The molecule has 2 N–H and O–H groups in total. The maximum absolute atomic E-state index is 13.8. The fourth-order valence-corrected chi connectivity index (χ4v) is 2.97. The van der Waals surface area contributed by atoms with E-state index in [4.69, 9.17) is 5.26 Å². The lowest BCUT2D eigenvalue weighted by atomic mass is 10.1. The largest absolute Gasteiger partial charge is 0.322 e. The SMILES string of the molecule is N#Cc1ccc(NC(=O)N2CCC3CNCC32)c(F)c1. The van der Waals surface area contributed by atoms with Crippen LogP contribution in [0.2, 0.25) is 0 Å². The Labute approximate surface area is 116 Å². The van der Waals surface area contributed by atoms with E-state index in [1.54, 1.807) is 4.90 Å². The molecule has 1 aromatic carbocycles. The second kappa shape index (κ2) is 5.10. The number of nitrogens with zero attached hydrogens (tertiary/aromatic N) is 2. The zero-order valence-corrected chi connectivity index (χ0v) is 10.9. The molecule has 104 valence electrons. The lowest BCUT2D eigenvalue weighted by Crippen LogP contribution is -2.41. The molecule has 5 nitrogen and oxygen atoms in total. The number of halogens is 1. The molecule has 2 heterocycles. The number of nitrogens with one attached hydrogen (secondary N) is 2. The highest BCUT2D eigenvalue weighted by Crippen LogP contribution is 2.28. The third-order valence-corrected chi connectivity index (χ3v) is 4.05. The number of anilines is 1. The minimum absolute atomic E-state index is 0.114. The number of benzene rings is 1. The van der Waals surface area contributed by atoms with Crippen molar-refractivity contribution < 1.29 is 9.18 Å². The Bertz CT molecular complexity index is 583. The summed E-state index contributed by atoms with van der Waals surface area (Å²) in [4.78, 5) is 14.0. The van der Waals surface area contributed by atoms with Gasteiger partial charge < -0.3 is 15.5 Å². The molecule has 2 unspecified atom stereocenters. The van der Waals surface area contributed by atoms with E-state index in [2.05, 4.69) is 10.6 Å². The zero-order valence-electron chi connectivity index (χ0n) is 10.9. The van der Waals surface area contributed by atoms with Gasteiger partial charge >= 0.3 is 6.03 Å². The Morgan fingerprint density at radius 2 is 2.35 bits per heavy atom. The van der Waals surface area contributed by atoms with Crippen molar-refractivity contribution in [3.63, 3.8) is 0 Å². The Morgan fingerprint density at radius 1 is 1.50 bits per heavy atom. The van der Waals surface area contributed by atoms with Crippen LogP contribution in [0.5, 0.6) is 0 Å². The van der Waals surface area contributed by atoms with Crippen LogP contribution in [0.4, 0.5) is 14.9 Å². The van der Waals surface area contributed by atoms with Gasteiger partial charge in [0, 0.05) is 25.7 Å². The Morgan fingerprint density at radius 3 is 3.10 bits per heavy atom. The molecule has 6 heteroatoms. The highest BCUT2D eigenvalue weighted by molar-refractivity contribution is 5.90. The summed E-state index contributed by atoms with van der Waals surface area (Å²) in [5.74, 6) is -0.0794. The smallest absolute Gasteiger partial charge is 0.320 e. The first-order chi connectivity index (χ1) is 9.69. The van der Waals surface area contributed by atoms with Crippen LogP contribution in [0.25, 0.3) is 0 Å². The number of carbonyl (C=O) groups is 1. The fourth-order valence-electron chi connectivity index (χ4n) is 2.97. The van der Waals surface area contributed by atoms with E-state index in [1.807, 2.05) is 6.07 Å². The van der Waals surface area contributed by atoms with Gasteiger partial charge in [-0.15, -0.1) is 0 Å². The summed E-state index contributed by atoms with van der Waals surface area (Å²) >= 11 is 0. The Balaban J connectivity index is 1.72. The second-order valence-electron chi connectivity index (χ2n) is 5.20. The van der Waals surface area contributed by atoms with E-state index in [0.29, 0.717) is 12.5 Å². The van der Waals surface area contributed by atoms with Crippen molar-refractivity contribution in [2.24, 2.45) is 5.92 Å². The molecule has 2 aliphatic rings. The minimum atomic E-state index is -0.585.